The fourth-order valence-electron chi connectivity index (χ4n) is 1.10. The van der Waals surface area contributed by atoms with Crippen LogP contribution in [-0.2, 0) is 6.42 Å². The number of hydrogen-bond donors (Lipinski definition) is 0. The summed E-state index contributed by atoms with van der Waals surface area (Å²) in [6, 6.07) is 0. The highest BCUT2D eigenvalue weighted by molar-refractivity contribution is 6.17. The van der Waals surface area contributed by atoms with E-state index in [2.05, 4.69) is 20.2 Å². The Kier molecular flexibility index (Phi) is 3.24. The monoisotopic (exact) mass is 224 g/mol. The van der Waals surface area contributed by atoms with Gasteiger partial charge in [0.2, 0.25) is 5.89 Å². The maximum atomic E-state index is 5.57. The number of nitrogens with zero attached hydrogens (tertiary/aromatic N) is 4. The van der Waals surface area contributed by atoms with E-state index in [9.17, 15) is 0 Å². The highest BCUT2D eigenvalue weighted by Gasteiger charge is 2.07. The van der Waals surface area contributed by atoms with Crippen LogP contribution in [-0.4, -0.2) is 26.0 Å². The molecule has 0 bridgehead atoms. The molecule has 5 nitrogen and oxygen atoms in total. The van der Waals surface area contributed by atoms with Crippen LogP contribution in [0.2, 0.25) is 0 Å². The van der Waals surface area contributed by atoms with Crippen LogP contribution < -0.4 is 0 Å². The van der Waals surface area contributed by atoms with Gasteiger partial charge in [-0.2, -0.15) is 0 Å². The number of hydrogen-bond acceptors (Lipinski definition) is 5. The molecule has 0 aromatic carbocycles. The number of aryl methyl sites for hydroxylation is 1. The van der Waals surface area contributed by atoms with Crippen molar-refractivity contribution < 1.29 is 4.42 Å². The Hall–Kier alpha value is -1.49. The zero-order valence-electron chi connectivity index (χ0n) is 7.93. The molecule has 78 valence electrons. The molecule has 0 unspecified atom stereocenters. The Morgan fingerprint density at radius 3 is 2.73 bits per heavy atom. The lowest BCUT2D eigenvalue weighted by Gasteiger charge is -1.91. The van der Waals surface area contributed by atoms with Gasteiger partial charge in [-0.3, -0.25) is 0 Å². The Morgan fingerprint density at radius 1 is 1.20 bits per heavy atom. The van der Waals surface area contributed by atoms with E-state index in [1.54, 1.807) is 12.4 Å². The van der Waals surface area contributed by atoms with Gasteiger partial charge in [0.25, 0.3) is 5.89 Å². The lowest BCUT2D eigenvalue weighted by molar-refractivity contribution is 0.502. The summed E-state index contributed by atoms with van der Waals surface area (Å²) in [6.07, 6.45) is 6.24. The van der Waals surface area contributed by atoms with Crippen molar-refractivity contribution in [2.75, 3.05) is 5.88 Å². The lowest BCUT2D eigenvalue weighted by atomic mass is 10.3. The molecule has 0 amide bonds. The van der Waals surface area contributed by atoms with Crippen LogP contribution in [0.4, 0.5) is 0 Å². The first-order valence-electron chi connectivity index (χ1n) is 4.54. The van der Waals surface area contributed by atoms with E-state index in [4.69, 9.17) is 16.0 Å². The fourth-order valence-corrected chi connectivity index (χ4v) is 1.23. The Morgan fingerprint density at radius 2 is 2.00 bits per heavy atom. The average molecular weight is 225 g/mol. The van der Waals surface area contributed by atoms with Crippen molar-refractivity contribution in [1.29, 1.82) is 0 Å². The minimum absolute atomic E-state index is 0.445. The fraction of sp³-hybridized carbons (Fsp3) is 0.333. The van der Waals surface area contributed by atoms with E-state index in [-0.39, 0.29) is 0 Å². The van der Waals surface area contributed by atoms with E-state index in [1.807, 2.05) is 0 Å². The summed E-state index contributed by atoms with van der Waals surface area (Å²) in [5, 5.41) is 7.80. The molecular weight excluding hydrogens is 216 g/mol. The first-order chi connectivity index (χ1) is 7.40. The summed E-state index contributed by atoms with van der Waals surface area (Å²) >= 11 is 5.57. The van der Waals surface area contributed by atoms with Gasteiger partial charge < -0.3 is 4.42 Å². The topological polar surface area (TPSA) is 64.7 Å². The van der Waals surface area contributed by atoms with Crippen molar-refractivity contribution in [3.63, 3.8) is 0 Å². The van der Waals surface area contributed by atoms with Gasteiger partial charge in [0.05, 0.1) is 5.56 Å². The van der Waals surface area contributed by atoms with Crippen molar-refractivity contribution in [2.45, 2.75) is 12.8 Å². The minimum atomic E-state index is 0.445. The van der Waals surface area contributed by atoms with E-state index in [0.29, 0.717) is 24.1 Å². The van der Waals surface area contributed by atoms with E-state index >= 15 is 0 Å². The van der Waals surface area contributed by atoms with Crippen LogP contribution in [0.25, 0.3) is 11.5 Å². The Labute approximate surface area is 91.5 Å². The molecular formula is C9H9ClN4O. The van der Waals surface area contributed by atoms with Crippen molar-refractivity contribution in [1.82, 2.24) is 20.2 Å². The number of halogens is 1. The standard InChI is InChI=1S/C9H9ClN4O/c10-3-1-2-8-13-14-9(15-8)7-4-11-6-12-5-7/h4-6H,1-3H2. The van der Waals surface area contributed by atoms with Gasteiger partial charge in [0.1, 0.15) is 6.33 Å². The molecule has 0 aliphatic rings. The molecule has 0 saturated carbocycles. The minimum Gasteiger partial charge on any atom is -0.421 e. The maximum absolute atomic E-state index is 5.57. The SMILES string of the molecule is ClCCCc1nnc(-c2cncnc2)o1. The molecule has 0 fully saturated rings. The van der Waals surface area contributed by atoms with E-state index < -0.39 is 0 Å². The van der Waals surface area contributed by atoms with Crippen molar-refractivity contribution in [3.8, 4) is 11.5 Å². The molecule has 2 rings (SSSR count). The van der Waals surface area contributed by atoms with E-state index in [0.717, 1.165) is 12.0 Å². The van der Waals surface area contributed by atoms with Crippen LogP contribution in [0.3, 0.4) is 0 Å². The summed E-state index contributed by atoms with van der Waals surface area (Å²) in [6.45, 7) is 0. The lowest BCUT2D eigenvalue weighted by Crippen LogP contribution is -1.85. The summed E-state index contributed by atoms with van der Waals surface area (Å²) in [4.78, 5) is 7.74. The van der Waals surface area contributed by atoms with Crippen LogP contribution in [0.5, 0.6) is 0 Å². The first-order valence-corrected chi connectivity index (χ1v) is 5.07. The maximum Gasteiger partial charge on any atom is 0.250 e. The van der Waals surface area contributed by atoms with Gasteiger partial charge in [-0.1, -0.05) is 0 Å². The highest BCUT2D eigenvalue weighted by Crippen LogP contribution is 2.15. The van der Waals surface area contributed by atoms with Gasteiger partial charge in [-0.15, -0.1) is 21.8 Å². The summed E-state index contributed by atoms with van der Waals surface area (Å²) in [5.74, 6) is 1.63. The van der Waals surface area contributed by atoms with Crippen LogP contribution >= 0.6 is 11.6 Å². The summed E-state index contributed by atoms with van der Waals surface area (Å²) < 4.78 is 5.41. The normalized spacial score (nSPS) is 10.5. The second kappa shape index (κ2) is 4.84. The predicted molar refractivity (Wildman–Crippen MR) is 54.4 cm³/mol. The molecule has 0 spiro atoms. The van der Waals surface area contributed by atoms with Crippen LogP contribution in [0, 0.1) is 0 Å². The Balaban J connectivity index is 2.14. The van der Waals surface area contributed by atoms with Gasteiger partial charge >= 0.3 is 0 Å². The largest absolute Gasteiger partial charge is 0.421 e. The highest BCUT2D eigenvalue weighted by atomic mass is 35.5. The Bertz CT molecular complexity index is 417. The average Bonchev–Trinajstić information content (AvgIpc) is 2.76. The van der Waals surface area contributed by atoms with Crippen molar-refractivity contribution in [2.24, 2.45) is 0 Å². The zero-order chi connectivity index (χ0) is 10.5. The van der Waals surface area contributed by atoms with Gasteiger partial charge in [-0.05, 0) is 6.42 Å². The molecule has 0 aliphatic heterocycles. The van der Waals surface area contributed by atoms with E-state index in [1.165, 1.54) is 6.33 Å². The van der Waals surface area contributed by atoms with Gasteiger partial charge in [0.15, 0.2) is 0 Å². The zero-order valence-corrected chi connectivity index (χ0v) is 8.68. The number of alkyl halides is 1. The molecule has 2 aromatic heterocycles. The molecule has 15 heavy (non-hydrogen) atoms. The molecule has 2 aromatic rings. The molecule has 0 atom stereocenters. The van der Waals surface area contributed by atoms with Gasteiger partial charge in [-0.25, -0.2) is 9.97 Å². The molecule has 0 N–H and O–H groups in total. The molecule has 2 heterocycles. The number of rotatable bonds is 4. The molecule has 0 saturated heterocycles. The van der Waals surface area contributed by atoms with Crippen molar-refractivity contribution in [3.05, 3.63) is 24.6 Å². The number of aromatic nitrogens is 4. The summed E-state index contributed by atoms with van der Waals surface area (Å²) in [5.41, 5.74) is 0.724. The molecule has 0 aliphatic carbocycles. The first kappa shape index (κ1) is 10.0. The van der Waals surface area contributed by atoms with Crippen LogP contribution in [0.15, 0.2) is 23.1 Å². The van der Waals surface area contributed by atoms with Crippen LogP contribution in [0.1, 0.15) is 12.3 Å². The third-order valence-electron chi connectivity index (χ3n) is 1.80. The third kappa shape index (κ3) is 2.50. The summed E-state index contributed by atoms with van der Waals surface area (Å²) in [7, 11) is 0. The second-order valence-electron chi connectivity index (χ2n) is 2.92. The predicted octanol–water partition coefficient (Wildman–Crippen LogP) is 1.70. The smallest absolute Gasteiger partial charge is 0.250 e. The van der Waals surface area contributed by atoms with Crippen molar-refractivity contribution >= 4 is 11.6 Å². The second-order valence-corrected chi connectivity index (χ2v) is 3.30. The molecule has 6 heteroatoms. The molecule has 0 radical (unpaired) electrons. The quantitative estimate of drug-likeness (QED) is 0.740. The van der Waals surface area contributed by atoms with Gasteiger partial charge in [0, 0.05) is 24.7 Å². The third-order valence-corrected chi connectivity index (χ3v) is 2.07.